The Morgan fingerprint density at radius 3 is 2.90 bits per heavy atom. The summed E-state index contributed by atoms with van der Waals surface area (Å²) >= 11 is 0. The molecule has 20 heavy (non-hydrogen) atoms. The predicted octanol–water partition coefficient (Wildman–Crippen LogP) is 3.36. The Labute approximate surface area is 123 Å². The van der Waals surface area contributed by atoms with Crippen molar-refractivity contribution in [3.8, 4) is 0 Å². The van der Waals surface area contributed by atoms with Crippen LogP contribution in [0.2, 0.25) is 0 Å². The van der Waals surface area contributed by atoms with Gasteiger partial charge in [-0.25, -0.2) is 0 Å². The molecule has 0 spiro atoms. The van der Waals surface area contributed by atoms with Crippen LogP contribution in [0.15, 0.2) is 24.3 Å². The Kier molecular flexibility index (Phi) is 4.74. The Morgan fingerprint density at radius 2 is 2.05 bits per heavy atom. The van der Waals surface area contributed by atoms with E-state index in [1.54, 1.807) is 5.56 Å². The minimum atomic E-state index is 0.641. The summed E-state index contributed by atoms with van der Waals surface area (Å²) < 4.78 is 0. The molecule has 2 aliphatic rings. The molecule has 110 valence electrons. The molecule has 3 rings (SSSR count). The first-order valence-corrected chi connectivity index (χ1v) is 8.41. The Balaban J connectivity index is 1.60. The van der Waals surface area contributed by atoms with E-state index in [-0.39, 0.29) is 0 Å². The van der Waals surface area contributed by atoms with E-state index < -0.39 is 0 Å². The molecule has 0 bridgehead atoms. The highest BCUT2D eigenvalue weighted by Crippen LogP contribution is 2.23. The molecule has 0 amide bonds. The number of hydrogen-bond donors (Lipinski definition) is 1. The molecule has 2 heterocycles. The number of benzene rings is 1. The summed E-state index contributed by atoms with van der Waals surface area (Å²) in [6, 6.07) is 10.4. The average Bonchev–Trinajstić information content (AvgIpc) is 2.49. The molecule has 2 heteroatoms. The van der Waals surface area contributed by atoms with Crippen LogP contribution >= 0.6 is 0 Å². The van der Waals surface area contributed by atoms with Crippen molar-refractivity contribution >= 4 is 0 Å². The van der Waals surface area contributed by atoms with Gasteiger partial charge < -0.3 is 5.32 Å². The van der Waals surface area contributed by atoms with E-state index in [4.69, 9.17) is 0 Å². The topological polar surface area (TPSA) is 15.3 Å². The molecule has 0 saturated carbocycles. The summed E-state index contributed by atoms with van der Waals surface area (Å²) in [5.74, 6) is 0. The molecule has 1 saturated heterocycles. The summed E-state index contributed by atoms with van der Waals surface area (Å²) in [5, 5.41) is 3.74. The molecule has 2 aliphatic heterocycles. The van der Waals surface area contributed by atoms with Gasteiger partial charge in [-0.2, -0.15) is 0 Å². The average molecular weight is 272 g/mol. The summed E-state index contributed by atoms with van der Waals surface area (Å²) in [6.45, 7) is 5.92. The Bertz CT molecular complexity index is 427. The number of rotatable bonds is 4. The SMILES string of the molecule is CCCC1CCCCN1CC1Cc2ccccc2CN1. The van der Waals surface area contributed by atoms with Crippen LogP contribution in [-0.2, 0) is 13.0 Å². The standard InChI is InChI=1S/C18H28N2/c1-2-7-18-10-5-6-11-20(18)14-17-12-15-8-3-4-9-16(15)13-19-17/h3-4,8-9,17-19H,2,5-7,10-14H2,1H3. The first-order chi connectivity index (χ1) is 9.86. The van der Waals surface area contributed by atoms with E-state index in [2.05, 4.69) is 41.4 Å². The lowest BCUT2D eigenvalue weighted by Crippen LogP contribution is -2.49. The van der Waals surface area contributed by atoms with Crippen LogP contribution < -0.4 is 5.32 Å². The van der Waals surface area contributed by atoms with E-state index in [1.807, 2.05) is 0 Å². The van der Waals surface area contributed by atoms with Gasteiger partial charge >= 0.3 is 0 Å². The molecular weight excluding hydrogens is 244 g/mol. The lowest BCUT2D eigenvalue weighted by atomic mass is 9.93. The van der Waals surface area contributed by atoms with E-state index in [0.717, 1.165) is 12.6 Å². The first kappa shape index (κ1) is 14.1. The molecule has 1 aromatic rings. The number of likely N-dealkylation sites (tertiary alicyclic amines) is 1. The predicted molar refractivity (Wildman–Crippen MR) is 84.9 cm³/mol. The lowest BCUT2D eigenvalue weighted by molar-refractivity contribution is 0.123. The maximum absolute atomic E-state index is 3.74. The van der Waals surface area contributed by atoms with Crippen molar-refractivity contribution in [3.63, 3.8) is 0 Å². The highest BCUT2D eigenvalue weighted by Gasteiger charge is 2.26. The number of fused-ring (bicyclic) bond motifs is 1. The van der Waals surface area contributed by atoms with Crippen LogP contribution in [0.4, 0.5) is 0 Å². The molecule has 2 unspecified atom stereocenters. The van der Waals surface area contributed by atoms with Crippen molar-refractivity contribution in [3.05, 3.63) is 35.4 Å². The molecule has 2 nitrogen and oxygen atoms in total. The molecule has 0 aromatic heterocycles. The van der Waals surface area contributed by atoms with Crippen LogP contribution in [0.5, 0.6) is 0 Å². The van der Waals surface area contributed by atoms with Crippen LogP contribution in [0.3, 0.4) is 0 Å². The van der Waals surface area contributed by atoms with Gasteiger partial charge in [-0.15, -0.1) is 0 Å². The van der Waals surface area contributed by atoms with Gasteiger partial charge in [0.2, 0.25) is 0 Å². The van der Waals surface area contributed by atoms with Crippen LogP contribution in [0.25, 0.3) is 0 Å². The highest BCUT2D eigenvalue weighted by molar-refractivity contribution is 5.30. The van der Waals surface area contributed by atoms with Crippen molar-refractivity contribution in [2.24, 2.45) is 0 Å². The van der Waals surface area contributed by atoms with Crippen molar-refractivity contribution in [1.82, 2.24) is 10.2 Å². The van der Waals surface area contributed by atoms with Gasteiger partial charge in [0, 0.05) is 25.2 Å². The zero-order valence-electron chi connectivity index (χ0n) is 12.8. The molecule has 1 aromatic carbocycles. The zero-order chi connectivity index (χ0) is 13.8. The fraction of sp³-hybridized carbons (Fsp3) is 0.667. The fourth-order valence-electron chi connectivity index (χ4n) is 3.89. The first-order valence-electron chi connectivity index (χ1n) is 8.41. The highest BCUT2D eigenvalue weighted by atomic mass is 15.2. The van der Waals surface area contributed by atoms with E-state index in [9.17, 15) is 0 Å². The number of nitrogens with one attached hydrogen (secondary N) is 1. The number of hydrogen-bond acceptors (Lipinski definition) is 2. The molecular formula is C18H28N2. The van der Waals surface area contributed by atoms with Gasteiger partial charge in [0.25, 0.3) is 0 Å². The number of nitrogens with zero attached hydrogens (tertiary/aromatic N) is 1. The molecule has 1 N–H and O–H groups in total. The van der Waals surface area contributed by atoms with Gasteiger partial charge in [-0.3, -0.25) is 4.90 Å². The Hall–Kier alpha value is -0.860. The molecule has 0 radical (unpaired) electrons. The molecule has 2 atom stereocenters. The zero-order valence-corrected chi connectivity index (χ0v) is 12.8. The Morgan fingerprint density at radius 1 is 1.20 bits per heavy atom. The summed E-state index contributed by atoms with van der Waals surface area (Å²) in [5.41, 5.74) is 3.05. The van der Waals surface area contributed by atoms with Crippen molar-refractivity contribution in [2.45, 2.75) is 64.1 Å². The fourth-order valence-corrected chi connectivity index (χ4v) is 3.89. The second-order valence-corrected chi connectivity index (χ2v) is 6.48. The van der Waals surface area contributed by atoms with Gasteiger partial charge in [0.05, 0.1) is 0 Å². The molecule has 1 fully saturated rings. The monoisotopic (exact) mass is 272 g/mol. The molecule has 0 aliphatic carbocycles. The van der Waals surface area contributed by atoms with Crippen LogP contribution in [0, 0.1) is 0 Å². The van der Waals surface area contributed by atoms with Crippen molar-refractivity contribution < 1.29 is 0 Å². The lowest BCUT2D eigenvalue weighted by Gasteiger charge is -2.39. The minimum Gasteiger partial charge on any atom is -0.308 e. The maximum atomic E-state index is 3.74. The van der Waals surface area contributed by atoms with E-state index in [1.165, 1.54) is 57.2 Å². The van der Waals surface area contributed by atoms with Gasteiger partial charge in [-0.05, 0) is 43.4 Å². The third kappa shape index (κ3) is 3.24. The van der Waals surface area contributed by atoms with Gasteiger partial charge in [0.1, 0.15) is 0 Å². The summed E-state index contributed by atoms with van der Waals surface area (Å²) in [6.07, 6.45) is 8.14. The second kappa shape index (κ2) is 6.73. The van der Waals surface area contributed by atoms with E-state index in [0.29, 0.717) is 6.04 Å². The largest absolute Gasteiger partial charge is 0.308 e. The van der Waals surface area contributed by atoms with Gasteiger partial charge in [-0.1, -0.05) is 44.0 Å². The minimum absolute atomic E-state index is 0.641. The van der Waals surface area contributed by atoms with Crippen molar-refractivity contribution in [2.75, 3.05) is 13.1 Å². The third-order valence-corrected chi connectivity index (χ3v) is 4.99. The maximum Gasteiger partial charge on any atom is 0.0238 e. The van der Waals surface area contributed by atoms with Crippen LogP contribution in [0.1, 0.15) is 50.2 Å². The van der Waals surface area contributed by atoms with Crippen LogP contribution in [-0.4, -0.2) is 30.1 Å². The summed E-state index contributed by atoms with van der Waals surface area (Å²) in [4.78, 5) is 2.76. The second-order valence-electron chi connectivity index (χ2n) is 6.48. The van der Waals surface area contributed by atoms with Gasteiger partial charge in [0.15, 0.2) is 0 Å². The third-order valence-electron chi connectivity index (χ3n) is 4.99. The van der Waals surface area contributed by atoms with Crippen molar-refractivity contribution in [1.29, 1.82) is 0 Å². The quantitative estimate of drug-likeness (QED) is 0.904. The normalized spacial score (nSPS) is 27.2. The van der Waals surface area contributed by atoms with E-state index >= 15 is 0 Å². The summed E-state index contributed by atoms with van der Waals surface area (Å²) in [7, 11) is 0. The number of piperidine rings is 1. The smallest absolute Gasteiger partial charge is 0.0238 e.